The predicted molar refractivity (Wildman–Crippen MR) is 57.7 cm³/mol. The Morgan fingerprint density at radius 1 is 1.43 bits per heavy atom. The fourth-order valence-electron chi connectivity index (χ4n) is 1.83. The third kappa shape index (κ3) is 1.07. The van der Waals surface area contributed by atoms with Gasteiger partial charge in [0.2, 0.25) is 0 Å². The molecule has 0 amide bonds. The Labute approximate surface area is 89.2 Å². The number of hydrogen-bond donors (Lipinski definition) is 1. The van der Waals surface area contributed by atoms with Gasteiger partial charge in [-0.3, -0.25) is 0 Å². The molecule has 0 saturated heterocycles. The number of aromatic amines is 1. The third-order valence-corrected chi connectivity index (χ3v) is 3.64. The number of H-pyrrole nitrogens is 1. The molecule has 0 atom stereocenters. The van der Waals surface area contributed by atoms with Crippen molar-refractivity contribution in [1.82, 2.24) is 4.98 Å². The molecule has 2 aromatic rings. The summed E-state index contributed by atoms with van der Waals surface area (Å²) in [5.74, 6) is -0.169. The van der Waals surface area contributed by atoms with Crippen molar-refractivity contribution in [3.8, 4) is 11.3 Å². The van der Waals surface area contributed by atoms with Crippen molar-refractivity contribution in [3.63, 3.8) is 0 Å². The maximum Gasteiger partial charge on any atom is 0.159 e. The highest BCUT2D eigenvalue weighted by Gasteiger charge is 2.20. The third-order valence-electron chi connectivity index (χ3n) is 2.41. The smallest absolute Gasteiger partial charge is 0.159 e. The molecule has 0 unspecified atom stereocenters. The summed E-state index contributed by atoms with van der Waals surface area (Å²) in [5, 5.41) is 0. The second kappa shape index (κ2) is 2.74. The lowest BCUT2D eigenvalue weighted by Gasteiger charge is -1.97. The van der Waals surface area contributed by atoms with Crippen LogP contribution in [0, 0.1) is 9.77 Å². The monoisotopic (exact) mass is 223 g/mol. The molecule has 1 heterocycles. The maximum absolute atomic E-state index is 12.9. The van der Waals surface area contributed by atoms with Crippen LogP contribution in [0.15, 0.2) is 18.2 Å². The molecular weight excluding hydrogens is 217 g/mol. The van der Waals surface area contributed by atoms with Crippen LogP contribution in [0.3, 0.4) is 0 Å². The minimum absolute atomic E-state index is 0.169. The first-order valence-corrected chi connectivity index (χ1v) is 5.47. The average molecular weight is 223 g/mol. The Kier molecular flexibility index (Phi) is 1.63. The Morgan fingerprint density at radius 3 is 3.14 bits per heavy atom. The largest absolute Gasteiger partial charge is 0.337 e. The molecule has 1 aromatic heterocycles. The molecule has 4 heteroatoms. The molecule has 0 saturated carbocycles. The van der Waals surface area contributed by atoms with Crippen molar-refractivity contribution in [3.05, 3.63) is 38.4 Å². The number of hydrogen-bond acceptors (Lipinski definition) is 2. The van der Waals surface area contributed by atoms with Gasteiger partial charge in [-0.1, -0.05) is 0 Å². The van der Waals surface area contributed by atoms with Crippen molar-refractivity contribution >= 4 is 23.6 Å². The molecule has 14 heavy (non-hydrogen) atoms. The summed E-state index contributed by atoms with van der Waals surface area (Å²) in [7, 11) is 0. The van der Waals surface area contributed by atoms with E-state index in [0.717, 1.165) is 27.2 Å². The van der Waals surface area contributed by atoms with E-state index in [4.69, 9.17) is 12.2 Å². The number of benzene rings is 1. The van der Waals surface area contributed by atoms with Crippen molar-refractivity contribution in [2.75, 3.05) is 0 Å². The van der Waals surface area contributed by atoms with Gasteiger partial charge < -0.3 is 4.98 Å². The topological polar surface area (TPSA) is 15.8 Å². The van der Waals surface area contributed by atoms with Crippen LogP contribution in [0.4, 0.5) is 4.39 Å². The first kappa shape index (κ1) is 8.32. The summed E-state index contributed by atoms with van der Waals surface area (Å²) in [6, 6.07) is 4.90. The van der Waals surface area contributed by atoms with Gasteiger partial charge in [0.15, 0.2) is 3.95 Å². The van der Waals surface area contributed by atoms with E-state index >= 15 is 0 Å². The number of halogens is 1. The standard InChI is InChI=1S/C10H6FNS2/c11-6-1-2-7-5(3-6)4-8-9(7)12-10(13)14-8/h1-3H,4H2,(H,12,13). The average Bonchev–Trinajstić information content (AvgIpc) is 2.59. The first-order valence-electron chi connectivity index (χ1n) is 4.25. The summed E-state index contributed by atoms with van der Waals surface area (Å²) in [4.78, 5) is 4.36. The Bertz CT molecular complexity index is 568. The van der Waals surface area contributed by atoms with Crippen LogP contribution < -0.4 is 0 Å². The Hall–Kier alpha value is -1.00. The SMILES string of the molecule is Fc1ccc2c(c1)Cc1sc(=S)[nH]c1-2. The Balaban J connectivity index is 2.30. The molecule has 1 N–H and O–H groups in total. The first-order chi connectivity index (χ1) is 6.74. The second-order valence-electron chi connectivity index (χ2n) is 3.29. The Morgan fingerprint density at radius 2 is 2.29 bits per heavy atom. The molecule has 1 aliphatic carbocycles. The van der Waals surface area contributed by atoms with Crippen molar-refractivity contribution < 1.29 is 4.39 Å². The number of nitrogens with one attached hydrogen (secondary N) is 1. The maximum atomic E-state index is 12.9. The second-order valence-corrected chi connectivity index (χ2v) is 5.06. The predicted octanol–water partition coefficient (Wildman–Crippen LogP) is 3.52. The van der Waals surface area contributed by atoms with Crippen molar-refractivity contribution in [2.24, 2.45) is 0 Å². The van der Waals surface area contributed by atoms with Crippen LogP contribution in [-0.2, 0) is 6.42 Å². The lowest BCUT2D eigenvalue weighted by Crippen LogP contribution is -1.82. The van der Waals surface area contributed by atoms with Crippen LogP contribution in [0.5, 0.6) is 0 Å². The van der Waals surface area contributed by atoms with E-state index in [1.807, 2.05) is 6.07 Å². The summed E-state index contributed by atoms with van der Waals surface area (Å²) in [6.45, 7) is 0. The van der Waals surface area contributed by atoms with Gasteiger partial charge in [0.25, 0.3) is 0 Å². The molecule has 3 rings (SSSR count). The van der Waals surface area contributed by atoms with E-state index in [-0.39, 0.29) is 5.82 Å². The lowest BCUT2D eigenvalue weighted by atomic mass is 10.1. The normalized spacial score (nSPS) is 12.6. The van der Waals surface area contributed by atoms with Crippen LogP contribution in [-0.4, -0.2) is 4.98 Å². The van der Waals surface area contributed by atoms with Gasteiger partial charge in [-0.2, -0.15) is 0 Å². The zero-order valence-electron chi connectivity index (χ0n) is 7.13. The highest BCUT2D eigenvalue weighted by atomic mass is 32.1. The molecule has 70 valence electrons. The van der Waals surface area contributed by atoms with Crippen LogP contribution in [0.25, 0.3) is 11.3 Å². The van der Waals surface area contributed by atoms with Gasteiger partial charge in [-0.25, -0.2) is 4.39 Å². The van der Waals surface area contributed by atoms with Gasteiger partial charge in [-0.05, 0) is 36.0 Å². The molecule has 0 fully saturated rings. The van der Waals surface area contributed by atoms with E-state index < -0.39 is 0 Å². The summed E-state index contributed by atoms with van der Waals surface area (Å²) in [5.41, 5.74) is 3.22. The van der Waals surface area contributed by atoms with E-state index in [0.29, 0.717) is 0 Å². The van der Waals surface area contributed by atoms with Crippen LogP contribution >= 0.6 is 23.6 Å². The highest BCUT2D eigenvalue weighted by molar-refractivity contribution is 7.73. The summed E-state index contributed by atoms with van der Waals surface area (Å²) in [6.07, 6.45) is 0.806. The van der Waals surface area contributed by atoms with Crippen LogP contribution in [0.1, 0.15) is 10.4 Å². The minimum atomic E-state index is -0.169. The van der Waals surface area contributed by atoms with Crippen molar-refractivity contribution in [1.29, 1.82) is 0 Å². The molecule has 0 radical (unpaired) electrons. The summed E-state index contributed by atoms with van der Waals surface area (Å²) < 4.78 is 13.7. The van der Waals surface area contributed by atoms with Crippen LogP contribution in [0.2, 0.25) is 0 Å². The zero-order valence-corrected chi connectivity index (χ0v) is 8.77. The van der Waals surface area contributed by atoms with Gasteiger partial charge in [0.05, 0.1) is 5.69 Å². The number of rotatable bonds is 0. The zero-order chi connectivity index (χ0) is 9.71. The molecule has 0 bridgehead atoms. The van der Waals surface area contributed by atoms with E-state index in [2.05, 4.69) is 4.98 Å². The fourth-order valence-corrected chi connectivity index (χ4v) is 3.10. The number of fused-ring (bicyclic) bond motifs is 3. The van der Waals surface area contributed by atoms with Gasteiger partial charge >= 0.3 is 0 Å². The molecule has 0 aliphatic heterocycles. The van der Waals surface area contributed by atoms with E-state index in [1.165, 1.54) is 10.9 Å². The van der Waals surface area contributed by atoms with E-state index in [9.17, 15) is 4.39 Å². The quantitative estimate of drug-likeness (QED) is 0.577. The van der Waals surface area contributed by atoms with Gasteiger partial charge in [-0.15, -0.1) is 11.3 Å². The highest BCUT2D eigenvalue weighted by Crippen LogP contribution is 2.38. The molecule has 0 spiro atoms. The van der Waals surface area contributed by atoms with E-state index in [1.54, 1.807) is 17.4 Å². The fraction of sp³-hybridized carbons (Fsp3) is 0.100. The summed E-state index contributed by atoms with van der Waals surface area (Å²) >= 11 is 6.64. The van der Waals surface area contributed by atoms with Gasteiger partial charge in [0.1, 0.15) is 5.82 Å². The molecular formula is C10H6FNS2. The van der Waals surface area contributed by atoms with Gasteiger partial charge in [0, 0.05) is 16.9 Å². The molecule has 1 nitrogen and oxygen atoms in total. The lowest BCUT2D eigenvalue weighted by molar-refractivity contribution is 0.626. The minimum Gasteiger partial charge on any atom is -0.337 e. The molecule has 1 aromatic carbocycles. The molecule has 1 aliphatic rings. The van der Waals surface area contributed by atoms with Crippen molar-refractivity contribution in [2.45, 2.75) is 6.42 Å². The number of thiazole rings is 1. The number of aromatic nitrogens is 1.